The fourth-order valence-corrected chi connectivity index (χ4v) is 12.8. The molecule has 5 heterocycles. The summed E-state index contributed by atoms with van der Waals surface area (Å²) in [5.74, 6) is 1.18. The van der Waals surface area contributed by atoms with Crippen LogP contribution in [0.15, 0.2) is 211 Å². The zero-order valence-electron chi connectivity index (χ0n) is 68.3. The second-order valence-electron chi connectivity index (χ2n) is 25.1. The summed E-state index contributed by atoms with van der Waals surface area (Å²) in [6.45, 7) is -4.24. The number of pyridine rings is 1. The zero-order valence-corrected chi connectivity index (χ0v) is 51.6. The smallest absolute Gasteiger partial charge is 0.268 e. The first-order valence-corrected chi connectivity index (χ1v) is 29.3. The Morgan fingerprint density at radius 3 is 1.97 bits per heavy atom. The van der Waals surface area contributed by atoms with Gasteiger partial charge in [0.1, 0.15) is 17.0 Å². The Morgan fingerprint density at radius 2 is 1.21 bits per heavy atom. The predicted molar refractivity (Wildman–Crippen MR) is 361 cm³/mol. The number of aromatic nitrogens is 4. The quantitative estimate of drug-likeness (QED) is 0.123. The van der Waals surface area contributed by atoms with Crippen molar-refractivity contribution in [1.82, 2.24) is 14.1 Å². The van der Waals surface area contributed by atoms with Crippen LogP contribution in [0.5, 0.6) is 11.5 Å². The summed E-state index contributed by atoms with van der Waals surface area (Å²) in [6.07, 6.45) is -3.52. The molecule has 0 saturated carbocycles. The number of benzene rings is 10. The summed E-state index contributed by atoms with van der Waals surface area (Å²) in [5.41, 5.74) is -1.54. The van der Waals surface area contributed by atoms with E-state index < -0.39 is 91.2 Å². The molecule has 1 aliphatic heterocycles. The van der Waals surface area contributed by atoms with Crippen LogP contribution >= 0.6 is 0 Å². The van der Waals surface area contributed by atoms with Gasteiger partial charge in [-0.3, -0.25) is 4.57 Å². The summed E-state index contributed by atoms with van der Waals surface area (Å²) >= 11 is 0. The van der Waals surface area contributed by atoms with E-state index in [0.29, 0.717) is 56.1 Å². The van der Waals surface area contributed by atoms with Gasteiger partial charge in [-0.15, -0.1) is 29.7 Å². The van der Waals surface area contributed by atoms with E-state index in [1.165, 1.54) is 6.07 Å². The maximum absolute atomic E-state index is 10.5. The molecular formula is C82H68N4O2Pt-2. The van der Waals surface area contributed by atoms with Gasteiger partial charge < -0.3 is 18.3 Å². The molecule has 89 heavy (non-hydrogen) atoms. The van der Waals surface area contributed by atoms with Gasteiger partial charge in [0.2, 0.25) is 0 Å². The minimum Gasteiger partial charge on any atom is -0.510 e. The Balaban J connectivity index is 0.00000930. The molecule has 0 N–H and O–H groups in total. The third-order valence-electron chi connectivity index (χ3n) is 17.3. The Bertz CT molecular complexity index is 6080. The number of para-hydroxylation sites is 2. The van der Waals surface area contributed by atoms with Crippen LogP contribution in [0.3, 0.4) is 0 Å². The first-order chi connectivity index (χ1) is 50.2. The van der Waals surface area contributed by atoms with Crippen molar-refractivity contribution in [2.24, 2.45) is 0 Å². The van der Waals surface area contributed by atoms with Crippen LogP contribution in [0.4, 0.5) is 0 Å². The molecule has 0 amide bonds. The molecule has 0 fully saturated rings. The van der Waals surface area contributed by atoms with Crippen LogP contribution in [-0.4, -0.2) is 14.1 Å². The van der Waals surface area contributed by atoms with Crippen molar-refractivity contribution in [3.05, 3.63) is 247 Å². The van der Waals surface area contributed by atoms with Crippen LogP contribution in [0, 0.1) is 18.5 Å². The van der Waals surface area contributed by atoms with Gasteiger partial charge in [-0.2, -0.15) is 18.2 Å². The number of fused-ring (bicyclic) bond motifs is 14. The second kappa shape index (κ2) is 20.5. The van der Waals surface area contributed by atoms with Gasteiger partial charge in [0.05, 0.1) is 20.8 Å². The molecule has 4 aromatic heterocycles. The van der Waals surface area contributed by atoms with Gasteiger partial charge in [0.25, 0.3) is 6.33 Å². The van der Waals surface area contributed by atoms with Crippen LogP contribution < -0.4 is 9.30 Å². The van der Waals surface area contributed by atoms with Gasteiger partial charge in [0, 0.05) is 77.0 Å². The molecule has 0 atom stereocenters. The molecule has 10 aromatic carbocycles. The molecule has 16 rings (SSSR count). The normalized spacial score (nSPS) is 19.0. The Labute approximate surface area is 562 Å². The first-order valence-electron chi connectivity index (χ1n) is 38.8. The molecule has 0 spiro atoms. The Hall–Kier alpha value is -9.09. The summed E-state index contributed by atoms with van der Waals surface area (Å²) in [4.78, 5) is 4.87. The topological polar surface area (TPSA) is 49.0 Å². The van der Waals surface area contributed by atoms with E-state index in [1.54, 1.807) is 35.0 Å². The number of rotatable bonds is 6. The number of nitrogens with zero attached hydrogens (tertiary/aromatic N) is 4. The summed E-state index contributed by atoms with van der Waals surface area (Å²) in [5, 5.41) is 3.58. The van der Waals surface area contributed by atoms with Crippen molar-refractivity contribution < 1.29 is 60.8 Å². The largest absolute Gasteiger partial charge is 0.510 e. The number of hydrogen-bond donors (Lipinski definition) is 0. The van der Waals surface area contributed by atoms with E-state index in [9.17, 15) is 17.8 Å². The predicted octanol–water partition coefficient (Wildman–Crippen LogP) is 21.1. The van der Waals surface area contributed by atoms with Gasteiger partial charge in [-0.1, -0.05) is 202 Å². The van der Waals surface area contributed by atoms with Crippen molar-refractivity contribution in [3.8, 4) is 84.3 Å². The monoisotopic (exact) mass is 1350 g/mol. The number of ether oxygens (including phenoxy) is 1. The third kappa shape index (κ3) is 9.23. The van der Waals surface area contributed by atoms with Crippen molar-refractivity contribution in [2.45, 2.75) is 103 Å². The minimum atomic E-state index is -4.55. The van der Waals surface area contributed by atoms with Crippen molar-refractivity contribution in [1.29, 1.82) is 0 Å². The molecule has 6 nitrogen and oxygen atoms in total. The average Bonchev–Trinajstić information content (AvgIpc) is 0.764. The van der Waals surface area contributed by atoms with Gasteiger partial charge >= 0.3 is 0 Å². The van der Waals surface area contributed by atoms with E-state index in [0.717, 1.165) is 66.0 Å². The van der Waals surface area contributed by atoms with E-state index >= 15 is 0 Å². The van der Waals surface area contributed by atoms with Gasteiger partial charge in [-0.25, -0.2) is 4.98 Å². The van der Waals surface area contributed by atoms with Crippen LogP contribution in [0.1, 0.15) is 130 Å². The number of imidazole rings is 1. The fraction of sp³-hybridized carbons (Fsp3) is 0.195. The van der Waals surface area contributed by atoms with E-state index in [1.807, 2.05) is 137 Å². The first kappa shape index (κ1) is 39.0. The number of furan rings is 1. The molecule has 440 valence electrons. The summed E-state index contributed by atoms with van der Waals surface area (Å²) in [7, 11) is 0. The molecule has 0 saturated heterocycles. The molecule has 0 bridgehead atoms. The average molecular weight is 1360 g/mol. The second-order valence-corrected chi connectivity index (χ2v) is 25.1. The standard InChI is InChI=1S/C82H68N4O2.Pt/c1-79(2,3)53-36-39-83-76(46-53)86-71-28-17-15-26-62(71)63-33-32-57(48-72(63)86)87-56-21-19-20-55(47-56)84-49-85-77-65(51-31-35-75-66(40-51)64-27-16-18-29-74(64)88-75)44-54(80(4,5)6)45-68(77)61-25-14-12-23-59(61)58-22-11-13-24-60(58)67-41-52(43-73(84)78(67)85)50-30-34-69-70(42-50)82(9,10)38-37-81(69,7)8;/h11-36,39-46H,37-38H2,1-10H3;/q-2;/i7D3,8D3,9D3,10D3,30D,34D,37D2,38D2,42D;. The van der Waals surface area contributed by atoms with Crippen molar-refractivity contribution in [2.75, 3.05) is 0 Å². The fourth-order valence-electron chi connectivity index (χ4n) is 12.8. The van der Waals surface area contributed by atoms with Crippen LogP contribution in [0.2, 0.25) is 0 Å². The molecule has 14 aromatic rings. The summed E-state index contributed by atoms with van der Waals surface area (Å²) < 4.78 is 197. The van der Waals surface area contributed by atoms with Crippen LogP contribution in [-0.2, 0) is 42.7 Å². The SMILES string of the molecule is [2H]c1c([2H])c2c(c([2H])c1-c1cc3c4c(c1)n(-c1[c-]c(Oc5[c-]c6c(cc5)c5ccccc5n6-c5cc(C(C)(C)C)ccn5)ccc1)[c-][n+]4-c1c(-c4ccc5oc6ccccc6c5c4)cc(C(C)(C)C)cc1-c1ccccc1-c1ccccc1-3)C(C([2H])([2H])[2H])(C([2H])([2H])[2H])C([2H])([2H])C([2H])([2H])C2(C([2H])([2H])[2H])C([2H])([2H])[2H].[Pt]. The Kier molecular flexibility index (Phi) is 8.98. The van der Waals surface area contributed by atoms with Crippen molar-refractivity contribution >= 4 is 54.8 Å². The Morgan fingerprint density at radius 1 is 0.551 bits per heavy atom. The molecule has 1 aliphatic carbocycles. The van der Waals surface area contributed by atoms with Gasteiger partial charge in [0.15, 0.2) is 0 Å². The zero-order chi connectivity index (χ0) is 76.4. The van der Waals surface area contributed by atoms with E-state index in [4.69, 9.17) is 22.4 Å². The van der Waals surface area contributed by atoms with E-state index in [-0.39, 0.29) is 49.0 Å². The third-order valence-corrected chi connectivity index (χ3v) is 17.3. The molecule has 7 heteroatoms. The summed E-state index contributed by atoms with van der Waals surface area (Å²) in [6, 6.07) is 60.8. The molecule has 0 unspecified atom stereocenters. The van der Waals surface area contributed by atoms with E-state index in [2.05, 4.69) is 84.3 Å². The maximum atomic E-state index is 10.5. The van der Waals surface area contributed by atoms with Crippen molar-refractivity contribution in [3.63, 3.8) is 0 Å². The minimum absolute atomic E-state index is 0. The molecule has 2 aliphatic rings. The number of hydrogen-bond acceptors (Lipinski definition) is 3. The van der Waals surface area contributed by atoms with Gasteiger partial charge in [-0.05, 0) is 166 Å². The maximum Gasteiger partial charge on any atom is 0.268 e. The molecular weight excluding hydrogens is 1270 g/mol. The molecule has 0 radical (unpaired) electrons. The van der Waals surface area contributed by atoms with Crippen LogP contribution in [0.25, 0.3) is 128 Å².